The lowest BCUT2D eigenvalue weighted by Crippen LogP contribution is -2.25. The highest BCUT2D eigenvalue weighted by molar-refractivity contribution is 7.11. The van der Waals surface area contributed by atoms with Crippen LogP contribution in [0.3, 0.4) is 0 Å². The number of hydrogen-bond acceptors (Lipinski definition) is 4. The van der Waals surface area contributed by atoms with Crippen LogP contribution in [0.25, 0.3) is 6.08 Å². The molecule has 0 radical (unpaired) electrons. The molecule has 0 aromatic carbocycles. The highest BCUT2D eigenvalue weighted by atomic mass is 32.1. The van der Waals surface area contributed by atoms with E-state index in [0.29, 0.717) is 12.1 Å². The summed E-state index contributed by atoms with van der Waals surface area (Å²) in [6.45, 7) is 0.475. The molecule has 1 amide bonds. The van der Waals surface area contributed by atoms with Crippen LogP contribution in [0, 0.1) is 0 Å². The number of aliphatic carboxylic acids is 1. The van der Waals surface area contributed by atoms with Gasteiger partial charge < -0.3 is 10.0 Å². The van der Waals surface area contributed by atoms with Gasteiger partial charge >= 0.3 is 5.97 Å². The summed E-state index contributed by atoms with van der Waals surface area (Å²) in [5.41, 5.74) is 1.51. The highest BCUT2D eigenvalue weighted by Gasteiger charge is 2.13. The van der Waals surface area contributed by atoms with Crippen molar-refractivity contribution < 1.29 is 14.7 Å². The summed E-state index contributed by atoms with van der Waals surface area (Å²) in [5, 5.41) is 10.3. The molecule has 0 atom stereocenters. The largest absolute Gasteiger partial charge is 0.478 e. The van der Waals surface area contributed by atoms with Crippen molar-refractivity contribution in [3.05, 3.63) is 58.1 Å². The molecule has 0 unspecified atom stereocenters. The van der Waals surface area contributed by atoms with Crippen molar-refractivity contribution in [3.8, 4) is 0 Å². The maximum atomic E-state index is 12.3. The third kappa shape index (κ3) is 4.25. The number of amides is 1. The first-order valence-corrected chi connectivity index (χ1v) is 7.08. The number of rotatable bonds is 5. The Morgan fingerprint density at radius 3 is 2.95 bits per heavy atom. The maximum Gasteiger partial charge on any atom is 0.328 e. The van der Waals surface area contributed by atoms with Crippen LogP contribution in [0.1, 0.15) is 20.8 Å². The molecule has 2 aromatic heterocycles. The molecule has 0 aliphatic heterocycles. The van der Waals surface area contributed by atoms with Gasteiger partial charge in [-0.1, -0.05) is 6.07 Å². The van der Waals surface area contributed by atoms with Crippen LogP contribution >= 0.6 is 11.3 Å². The van der Waals surface area contributed by atoms with Gasteiger partial charge in [0.25, 0.3) is 5.91 Å². The number of hydrogen-bond donors (Lipinski definition) is 1. The monoisotopic (exact) mass is 302 g/mol. The van der Waals surface area contributed by atoms with Gasteiger partial charge in [0.2, 0.25) is 0 Å². The first-order chi connectivity index (χ1) is 10.1. The second-order valence-electron chi connectivity index (χ2n) is 4.43. The molecule has 0 aliphatic rings. The summed E-state index contributed by atoms with van der Waals surface area (Å²) in [6.07, 6.45) is 5.94. The number of nitrogens with zero attached hydrogens (tertiary/aromatic N) is 2. The molecular formula is C15H14N2O3S. The van der Waals surface area contributed by atoms with Crippen LogP contribution in [0.15, 0.2) is 42.0 Å². The van der Waals surface area contributed by atoms with Crippen LogP contribution in [0.4, 0.5) is 0 Å². The number of carboxylic acids is 1. The fraction of sp³-hybridized carbons (Fsp3) is 0.133. The highest BCUT2D eigenvalue weighted by Crippen LogP contribution is 2.18. The molecule has 2 heterocycles. The van der Waals surface area contributed by atoms with Gasteiger partial charge in [0, 0.05) is 42.3 Å². The van der Waals surface area contributed by atoms with Gasteiger partial charge in [-0.15, -0.1) is 11.3 Å². The van der Waals surface area contributed by atoms with Crippen molar-refractivity contribution >= 4 is 29.3 Å². The second-order valence-corrected chi connectivity index (χ2v) is 5.37. The van der Waals surface area contributed by atoms with Crippen molar-refractivity contribution in [3.63, 3.8) is 0 Å². The lowest BCUT2D eigenvalue weighted by Gasteiger charge is -2.16. The Hall–Kier alpha value is -2.47. The van der Waals surface area contributed by atoms with Crippen LogP contribution < -0.4 is 0 Å². The first-order valence-electron chi connectivity index (χ1n) is 6.20. The number of pyridine rings is 1. The Morgan fingerprint density at radius 1 is 1.48 bits per heavy atom. The van der Waals surface area contributed by atoms with Crippen LogP contribution in [0.2, 0.25) is 0 Å². The zero-order chi connectivity index (χ0) is 15.2. The molecular weight excluding hydrogens is 288 g/mol. The molecule has 2 aromatic rings. The van der Waals surface area contributed by atoms with E-state index in [-0.39, 0.29) is 5.91 Å². The predicted molar refractivity (Wildman–Crippen MR) is 81.0 cm³/mol. The van der Waals surface area contributed by atoms with E-state index in [1.165, 1.54) is 17.4 Å². The Balaban J connectivity index is 2.04. The van der Waals surface area contributed by atoms with Gasteiger partial charge in [0.05, 0.1) is 5.56 Å². The van der Waals surface area contributed by atoms with Gasteiger partial charge in [0.15, 0.2) is 0 Å². The molecule has 108 valence electrons. The van der Waals surface area contributed by atoms with E-state index in [2.05, 4.69) is 4.98 Å². The van der Waals surface area contributed by atoms with E-state index in [4.69, 9.17) is 5.11 Å². The van der Waals surface area contributed by atoms with E-state index < -0.39 is 5.97 Å². The standard InChI is InChI=1S/C15H14N2O3S/c1-17(9-11-3-2-6-16-8-11)15(20)12-7-13(21-10-12)4-5-14(18)19/h2-8,10H,9H2,1H3,(H,18,19). The van der Waals surface area contributed by atoms with Gasteiger partial charge in [0.1, 0.15) is 0 Å². The Morgan fingerprint density at radius 2 is 2.29 bits per heavy atom. The molecule has 0 spiro atoms. The molecule has 2 rings (SSSR count). The number of carbonyl (C=O) groups excluding carboxylic acids is 1. The van der Waals surface area contributed by atoms with Gasteiger partial charge in [-0.3, -0.25) is 9.78 Å². The second kappa shape index (κ2) is 6.81. The van der Waals surface area contributed by atoms with Gasteiger partial charge in [-0.25, -0.2) is 4.79 Å². The summed E-state index contributed by atoms with van der Waals surface area (Å²) < 4.78 is 0. The van der Waals surface area contributed by atoms with Crippen molar-refractivity contribution in [2.24, 2.45) is 0 Å². The molecule has 0 saturated carbocycles. The summed E-state index contributed by atoms with van der Waals surface area (Å²) in [4.78, 5) is 29.1. The maximum absolute atomic E-state index is 12.3. The minimum Gasteiger partial charge on any atom is -0.478 e. The quantitative estimate of drug-likeness (QED) is 0.862. The molecule has 21 heavy (non-hydrogen) atoms. The van der Waals surface area contributed by atoms with Crippen molar-refractivity contribution in [2.45, 2.75) is 6.54 Å². The number of aromatic nitrogens is 1. The average molecular weight is 302 g/mol. The Bertz CT molecular complexity index is 665. The molecule has 0 aliphatic carbocycles. The molecule has 1 N–H and O–H groups in total. The summed E-state index contributed by atoms with van der Waals surface area (Å²) >= 11 is 1.33. The third-order valence-corrected chi connectivity index (χ3v) is 3.64. The average Bonchev–Trinajstić information content (AvgIpc) is 2.94. The first kappa shape index (κ1) is 14.9. The normalized spacial score (nSPS) is 10.7. The smallest absolute Gasteiger partial charge is 0.328 e. The summed E-state index contributed by atoms with van der Waals surface area (Å²) in [7, 11) is 1.72. The molecule has 0 fully saturated rings. The molecule has 6 heteroatoms. The molecule has 0 saturated heterocycles. The fourth-order valence-corrected chi connectivity index (χ4v) is 2.54. The summed E-state index contributed by atoms with van der Waals surface area (Å²) in [6, 6.07) is 5.42. The van der Waals surface area contributed by atoms with Crippen LogP contribution in [-0.2, 0) is 11.3 Å². The minimum absolute atomic E-state index is 0.106. The van der Waals surface area contributed by atoms with E-state index in [1.54, 1.807) is 35.8 Å². The Kier molecular flexibility index (Phi) is 4.84. The topological polar surface area (TPSA) is 70.5 Å². The third-order valence-electron chi connectivity index (χ3n) is 2.75. The number of carboxylic acid groups (broad SMARTS) is 1. The fourth-order valence-electron chi connectivity index (χ4n) is 1.76. The van der Waals surface area contributed by atoms with Crippen molar-refractivity contribution in [2.75, 3.05) is 7.05 Å². The summed E-state index contributed by atoms with van der Waals surface area (Å²) in [5.74, 6) is -1.12. The van der Waals surface area contributed by atoms with Crippen LogP contribution in [-0.4, -0.2) is 33.9 Å². The Labute approximate surface area is 126 Å². The van der Waals surface area contributed by atoms with Crippen molar-refractivity contribution in [1.29, 1.82) is 0 Å². The van der Waals surface area contributed by atoms with E-state index in [1.807, 2.05) is 12.1 Å². The van der Waals surface area contributed by atoms with E-state index in [9.17, 15) is 9.59 Å². The zero-order valence-electron chi connectivity index (χ0n) is 11.4. The predicted octanol–water partition coefficient (Wildman–Crippen LogP) is 2.51. The number of thiophene rings is 1. The molecule has 5 nitrogen and oxygen atoms in total. The lowest BCUT2D eigenvalue weighted by atomic mass is 10.2. The van der Waals surface area contributed by atoms with Crippen LogP contribution in [0.5, 0.6) is 0 Å². The SMILES string of the molecule is CN(Cc1cccnc1)C(=O)c1csc(C=CC(=O)O)c1. The van der Waals surface area contributed by atoms with Gasteiger partial charge in [-0.05, 0) is 23.8 Å². The van der Waals surface area contributed by atoms with E-state index in [0.717, 1.165) is 16.5 Å². The molecule has 0 bridgehead atoms. The van der Waals surface area contributed by atoms with E-state index >= 15 is 0 Å². The van der Waals surface area contributed by atoms with Crippen molar-refractivity contribution in [1.82, 2.24) is 9.88 Å². The van der Waals surface area contributed by atoms with Gasteiger partial charge in [-0.2, -0.15) is 0 Å². The number of carbonyl (C=O) groups is 2. The lowest BCUT2D eigenvalue weighted by molar-refractivity contribution is -0.131. The zero-order valence-corrected chi connectivity index (χ0v) is 12.2. The minimum atomic E-state index is -1.01.